The summed E-state index contributed by atoms with van der Waals surface area (Å²) < 4.78 is 6.44. The van der Waals surface area contributed by atoms with Gasteiger partial charge in [-0.25, -0.2) is 9.97 Å². The molecule has 0 saturated heterocycles. The standard InChI is InChI=1S/C11H15N5S/c1(6-16-7-5-12-8-16)4-13-11-14-10(15-17-11)9-2-3-9/h5,7-9H,1-4,6H2,(H,13,14,15). The minimum atomic E-state index is 0.646. The third-order valence-corrected chi connectivity index (χ3v) is 3.50. The van der Waals surface area contributed by atoms with Gasteiger partial charge < -0.3 is 9.88 Å². The van der Waals surface area contributed by atoms with Gasteiger partial charge in [0.25, 0.3) is 0 Å². The minimum absolute atomic E-state index is 0.646. The lowest BCUT2D eigenvalue weighted by atomic mass is 10.4. The number of hydrogen-bond acceptors (Lipinski definition) is 5. The van der Waals surface area contributed by atoms with Crippen LogP contribution >= 0.6 is 11.5 Å². The number of aromatic nitrogens is 4. The van der Waals surface area contributed by atoms with Crippen molar-refractivity contribution in [3.8, 4) is 0 Å². The summed E-state index contributed by atoms with van der Waals surface area (Å²) in [5.41, 5.74) is 0. The number of anilines is 1. The highest BCUT2D eigenvalue weighted by atomic mass is 32.1. The number of aryl methyl sites for hydroxylation is 1. The molecule has 1 saturated carbocycles. The van der Waals surface area contributed by atoms with Crippen LogP contribution in [0.15, 0.2) is 18.7 Å². The van der Waals surface area contributed by atoms with Crippen LogP contribution < -0.4 is 5.32 Å². The molecular formula is C11H15N5S. The fourth-order valence-electron chi connectivity index (χ4n) is 1.69. The van der Waals surface area contributed by atoms with E-state index < -0.39 is 0 Å². The van der Waals surface area contributed by atoms with E-state index in [1.807, 2.05) is 12.5 Å². The first kappa shape index (κ1) is 10.7. The van der Waals surface area contributed by atoms with Crippen LogP contribution in [-0.4, -0.2) is 25.5 Å². The van der Waals surface area contributed by atoms with Crippen LogP contribution in [0, 0.1) is 0 Å². The van der Waals surface area contributed by atoms with Crippen molar-refractivity contribution in [3.05, 3.63) is 24.5 Å². The predicted octanol–water partition coefficient (Wildman–Crippen LogP) is 2.11. The molecule has 0 unspecified atom stereocenters. The van der Waals surface area contributed by atoms with Crippen LogP contribution in [-0.2, 0) is 6.54 Å². The Kier molecular flexibility index (Phi) is 3.04. The van der Waals surface area contributed by atoms with Crippen LogP contribution in [0.2, 0.25) is 0 Å². The number of hydrogen-bond donors (Lipinski definition) is 1. The van der Waals surface area contributed by atoms with Crippen LogP contribution in [0.5, 0.6) is 0 Å². The van der Waals surface area contributed by atoms with E-state index in [9.17, 15) is 0 Å². The van der Waals surface area contributed by atoms with Gasteiger partial charge >= 0.3 is 0 Å². The van der Waals surface area contributed by atoms with Gasteiger partial charge in [0.2, 0.25) is 5.13 Å². The van der Waals surface area contributed by atoms with E-state index in [0.29, 0.717) is 5.92 Å². The van der Waals surface area contributed by atoms with E-state index in [4.69, 9.17) is 0 Å². The molecule has 0 radical (unpaired) electrons. The SMILES string of the molecule is c1cn(CCCNc2nc(C3CC3)ns2)cn1. The summed E-state index contributed by atoms with van der Waals surface area (Å²) in [6.45, 7) is 1.92. The van der Waals surface area contributed by atoms with Gasteiger partial charge in [0.05, 0.1) is 6.33 Å². The molecule has 0 spiro atoms. The summed E-state index contributed by atoms with van der Waals surface area (Å²) in [4.78, 5) is 8.49. The van der Waals surface area contributed by atoms with Crippen LogP contribution in [0.25, 0.3) is 0 Å². The van der Waals surface area contributed by atoms with Crippen molar-refractivity contribution in [2.45, 2.75) is 31.7 Å². The third-order valence-electron chi connectivity index (χ3n) is 2.81. The monoisotopic (exact) mass is 249 g/mol. The highest BCUT2D eigenvalue weighted by molar-refractivity contribution is 7.09. The van der Waals surface area contributed by atoms with E-state index in [0.717, 1.165) is 30.5 Å². The molecule has 2 aromatic heterocycles. The van der Waals surface area contributed by atoms with Crippen LogP contribution in [0.1, 0.15) is 31.0 Å². The molecule has 3 rings (SSSR count). The van der Waals surface area contributed by atoms with Crippen LogP contribution in [0.3, 0.4) is 0 Å². The summed E-state index contributed by atoms with van der Waals surface area (Å²) in [7, 11) is 0. The van der Waals surface area contributed by atoms with Gasteiger partial charge in [-0.05, 0) is 19.3 Å². The average Bonchev–Trinajstić information content (AvgIpc) is 2.89. The molecule has 0 aliphatic heterocycles. The van der Waals surface area contributed by atoms with Gasteiger partial charge in [-0.3, -0.25) is 0 Å². The maximum atomic E-state index is 4.48. The topological polar surface area (TPSA) is 55.6 Å². The van der Waals surface area contributed by atoms with E-state index >= 15 is 0 Å². The van der Waals surface area contributed by atoms with Gasteiger partial charge in [-0.2, -0.15) is 4.37 Å². The van der Waals surface area contributed by atoms with Gasteiger partial charge in [0.15, 0.2) is 0 Å². The summed E-state index contributed by atoms with van der Waals surface area (Å²) in [6.07, 6.45) is 9.22. The first-order chi connectivity index (χ1) is 8.42. The Bertz CT molecular complexity index is 460. The van der Waals surface area contributed by atoms with Gasteiger partial charge in [-0.15, -0.1) is 0 Å². The number of nitrogens with zero attached hydrogens (tertiary/aromatic N) is 4. The minimum Gasteiger partial charge on any atom is -0.360 e. The Hall–Kier alpha value is -1.43. The lowest BCUT2D eigenvalue weighted by molar-refractivity contribution is 0.660. The largest absolute Gasteiger partial charge is 0.360 e. The second kappa shape index (κ2) is 4.83. The van der Waals surface area contributed by atoms with Crippen molar-refractivity contribution in [3.63, 3.8) is 0 Å². The fourth-order valence-corrected chi connectivity index (χ4v) is 2.36. The van der Waals surface area contributed by atoms with Crippen molar-refractivity contribution in [1.29, 1.82) is 0 Å². The molecule has 17 heavy (non-hydrogen) atoms. The second-order valence-electron chi connectivity index (χ2n) is 4.31. The summed E-state index contributed by atoms with van der Waals surface area (Å²) >= 11 is 1.47. The average molecular weight is 249 g/mol. The molecule has 1 N–H and O–H groups in total. The zero-order chi connectivity index (χ0) is 11.5. The van der Waals surface area contributed by atoms with Crippen molar-refractivity contribution < 1.29 is 0 Å². The Morgan fingerprint density at radius 2 is 2.41 bits per heavy atom. The predicted molar refractivity (Wildman–Crippen MR) is 67.2 cm³/mol. The van der Waals surface area contributed by atoms with Gasteiger partial charge in [0, 0.05) is 42.9 Å². The molecule has 1 aliphatic carbocycles. The quantitative estimate of drug-likeness (QED) is 0.797. The van der Waals surface area contributed by atoms with Crippen LogP contribution in [0.4, 0.5) is 5.13 Å². The number of imidazole rings is 1. The lowest BCUT2D eigenvalue weighted by Gasteiger charge is -2.02. The smallest absolute Gasteiger partial charge is 0.202 e. The molecule has 90 valence electrons. The van der Waals surface area contributed by atoms with E-state index in [1.165, 1.54) is 24.4 Å². The number of rotatable bonds is 6. The molecule has 2 aromatic rings. The molecule has 0 bridgehead atoms. The Balaban J connectivity index is 1.41. The maximum Gasteiger partial charge on any atom is 0.202 e. The Morgan fingerprint density at radius 3 is 3.18 bits per heavy atom. The summed E-state index contributed by atoms with van der Waals surface area (Å²) in [5.74, 6) is 1.68. The molecule has 1 aliphatic rings. The van der Waals surface area contributed by atoms with Crippen molar-refractivity contribution in [1.82, 2.24) is 18.9 Å². The molecular weight excluding hydrogens is 234 g/mol. The Morgan fingerprint density at radius 1 is 1.47 bits per heavy atom. The van der Waals surface area contributed by atoms with E-state index in [1.54, 1.807) is 6.20 Å². The van der Waals surface area contributed by atoms with Gasteiger partial charge in [-0.1, -0.05) is 0 Å². The second-order valence-corrected chi connectivity index (χ2v) is 5.06. The van der Waals surface area contributed by atoms with Gasteiger partial charge in [0.1, 0.15) is 5.82 Å². The van der Waals surface area contributed by atoms with Crippen molar-refractivity contribution >= 4 is 16.7 Å². The first-order valence-corrected chi connectivity index (χ1v) is 6.72. The fraction of sp³-hybridized carbons (Fsp3) is 0.545. The van der Waals surface area contributed by atoms with E-state index in [2.05, 4.69) is 24.2 Å². The summed E-state index contributed by atoms with van der Waals surface area (Å²) in [6, 6.07) is 0. The molecule has 0 amide bonds. The van der Waals surface area contributed by atoms with Crippen molar-refractivity contribution in [2.75, 3.05) is 11.9 Å². The molecule has 2 heterocycles. The Labute approximate surface area is 104 Å². The zero-order valence-corrected chi connectivity index (χ0v) is 10.4. The lowest BCUT2D eigenvalue weighted by Crippen LogP contribution is -2.05. The van der Waals surface area contributed by atoms with Crippen molar-refractivity contribution in [2.24, 2.45) is 0 Å². The van der Waals surface area contributed by atoms with E-state index in [-0.39, 0.29) is 0 Å². The molecule has 5 nitrogen and oxygen atoms in total. The molecule has 6 heteroatoms. The normalized spacial score (nSPS) is 15.1. The third kappa shape index (κ3) is 2.82. The highest BCUT2D eigenvalue weighted by Crippen LogP contribution is 2.39. The zero-order valence-electron chi connectivity index (χ0n) is 9.54. The molecule has 1 fully saturated rings. The molecule has 0 aromatic carbocycles. The molecule has 0 atom stereocenters. The highest BCUT2D eigenvalue weighted by Gasteiger charge is 2.27. The number of nitrogens with one attached hydrogen (secondary N) is 1. The first-order valence-electron chi connectivity index (χ1n) is 5.95. The maximum absolute atomic E-state index is 4.48. The summed E-state index contributed by atoms with van der Waals surface area (Å²) in [5, 5.41) is 4.28.